The van der Waals surface area contributed by atoms with Crippen molar-refractivity contribution in [2.45, 2.75) is 44.6 Å². The average Bonchev–Trinajstić information content (AvgIpc) is 2.90. The molecule has 0 saturated carbocycles. The molecule has 2 aromatic carbocycles. The number of carbonyl (C=O) groups is 1. The first kappa shape index (κ1) is 18.6. The first-order valence-corrected chi connectivity index (χ1v) is 9.13. The van der Waals surface area contributed by atoms with E-state index >= 15 is 0 Å². The Hall–Kier alpha value is -2.21. The van der Waals surface area contributed by atoms with Crippen LogP contribution < -0.4 is 4.74 Å². The molecule has 1 aliphatic heterocycles. The Bertz CT molecular complexity index is 690. The van der Waals surface area contributed by atoms with Crippen LogP contribution in [0.4, 0.5) is 0 Å². The van der Waals surface area contributed by atoms with E-state index in [1.807, 2.05) is 42.5 Å². The van der Waals surface area contributed by atoms with Gasteiger partial charge in [-0.15, -0.1) is 0 Å². The van der Waals surface area contributed by atoms with E-state index in [9.17, 15) is 15.0 Å². The Kier molecular flexibility index (Phi) is 6.39. The molecule has 0 saturated heterocycles. The summed E-state index contributed by atoms with van der Waals surface area (Å²) in [7, 11) is 0. The van der Waals surface area contributed by atoms with Crippen LogP contribution in [0.15, 0.2) is 54.6 Å². The lowest BCUT2D eigenvalue weighted by molar-refractivity contribution is -0.134. The summed E-state index contributed by atoms with van der Waals surface area (Å²) in [4.78, 5) is 13.5. The zero-order valence-corrected chi connectivity index (χ0v) is 14.8. The third-order valence-corrected chi connectivity index (χ3v) is 4.70. The second-order valence-corrected chi connectivity index (χ2v) is 6.57. The summed E-state index contributed by atoms with van der Waals surface area (Å²) in [6.07, 6.45) is 2.38. The number of hydrogen-bond donors (Lipinski definition) is 2. The second-order valence-electron chi connectivity index (χ2n) is 6.57. The van der Waals surface area contributed by atoms with Gasteiger partial charge < -0.3 is 14.9 Å². The zero-order chi connectivity index (χ0) is 18.4. The molecule has 5 heteroatoms. The molecule has 138 valence electrons. The van der Waals surface area contributed by atoms with Crippen LogP contribution in [0.2, 0.25) is 0 Å². The number of benzene rings is 2. The van der Waals surface area contributed by atoms with Crippen LogP contribution in [0.1, 0.15) is 55.7 Å². The van der Waals surface area contributed by atoms with Crippen LogP contribution in [0, 0.1) is 0 Å². The highest BCUT2D eigenvalue weighted by molar-refractivity contribution is 5.72. The van der Waals surface area contributed by atoms with Gasteiger partial charge in [0.2, 0.25) is 0 Å². The molecule has 3 rings (SSSR count). The summed E-state index contributed by atoms with van der Waals surface area (Å²) in [6, 6.07) is 16.5. The number of para-hydroxylation sites is 1. The molecular weight excluding hydrogens is 330 g/mol. The van der Waals surface area contributed by atoms with E-state index in [1.165, 1.54) is 0 Å². The van der Waals surface area contributed by atoms with Crippen LogP contribution in [0.3, 0.4) is 0 Å². The van der Waals surface area contributed by atoms with Crippen LogP contribution in [-0.2, 0) is 4.79 Å². The fraction of sp³-hybridized carbons (Fsp3) is 0.381. The minimum Gasteiger partial charge on any atom is -0.427 e. The Balaban J connectivity index is 1.32. The number of hydrogen-bond acceptors (Lipinski definition) is 5. The van der Waals surface area contributed by atoms with E-state index in [1.54, 1.807) is 17.0 Å². The standard InChI is InChI=1S/C21H25NO4/c23-19(26-16-10-4-3-5-11-16)14-6-1-2-9-15-22-20(24)17-12-7-8-13-18(17)21(22)25/h3-5,7-8,10-13,20-21,24-25H,1-2,6,9,14-15H2. The summed E-state index contributed by atoms with van der Waals surface area (Å²) in [5, 5.41) is 20.7. The number of unbranched alkanes of at least 4 members (excludes halogenated alkanes) is 3. The van der Waals surface area contributed by atoms with Gasteiger partial charge in [-0.2, -0.15) is 0 Å². The highest BCUT2D eigenvalue weighted by atomic mass is 16.5. The van der Waals surface area contributed by atoms with Gasteiger partial charge in [0.15, 0.2) is 0 Å². The molecule has 0 bridgehead atoms. The lowest BCUT2D eigenvalue weighted by atomic mass is 10.1. The number of esters is 1. The van der Waals surface area contributed by atoms with Crippen molar-refractivity contribution in [3.63, 3.8) is 0 Å². The Morgan fingerprint density at radius 1 is 0.846 bits per heavy atom. The van der Waals surface area contributed by atoms with Gasteiger partial charge in [-0.05, 0) is 25.0 Å². The normalized spacial score (nSPS) is 19.3. The summed E-state index contributed by atoms with van der Waals surface area (Å²) in [5.74, 6) is 0.367. The van der Waals surface area contributed by atoms with Crippen molar-refractivity contribution in [3.05, 3.63) is 65.7 Å². The number of carbonyl (C=O) groups excluding carboxylic acids is 1. The van der Waals surface area contributed by atoms with Crippen molar-refractivity contribution in [3.8, 4) is 5.75 Å². The fourth-order valence-corrected chi connectivity index (χ4v) is 3.31. The first-order chi connectivity index (χ1) is 12.7. The maximum Gasteiger partial charge on any atom is 0.311 e. The van der Waals surface area contributed by atoms with Crippen LogP contribution >= 0.6 is 0 Å². The Labute approximate surface area is 153 Å². The molecule has 1 aliphatic rings. The molecule has 2 unspecified atom stereocenters. The molecule has 0 spiro atoms. The van der Waals surface area contributed by atoms with E-state index in [0.717, 1.165) is 36.8 Å². The summed E-state index contributed by atoms with van der Waals surface area (Å²) in [5.41, 5.74) is 1.56. The predicted octanol–water partition coefficient (Wildman–Crippen LogP) is 3.54. The summed E-state index contributed by atoms with van der Waals surface area (Å²) < 4.78 is 5.25. The van der Waals surface area contributed by atoms with E-state index in [-0.39, 0.29) is 5.97 Å². The molecule has 0 amide bonds. The highest BCUT2D eigenvalue weighted by Crippen LogP contribution is 2.38. The third kappa shape index (κ3) is 4.49. The van der Waals surface area contributed by atoms with Crippen LogP contribution in [-0.4, -0.2) is 27.6 Å². The largest absolute Gasteiger partial charge is 0.427 e. The van der Waals surface area contributed by atoms with Gasteiger partial charge in [0.25, 0.3) is 0 Å². The number of aliphatic hydroxyl groups is 2. The summed E-state index contributed by atoms with van der Waals surface area (Å²) in [6.45, 7) is 0.617. The molecule has 0 aromatic heterocycles. The van der Waals surface area contributed by atoms with Gasteiger partial charge in [-0.1, -0.05) is 55.3 Å². The lowest BCUT2D eigenvalue weighted by Crippen LogP contribution is -2.27. The molecule has 2 N–H and O–H groups in total. The van der Waals surface area contributed by atoms with E-state index in [2.05, 4.69) is 0 Å². The van der Waals surface area contributed by atoms with E-state index in [4.69, 9.17) is 4.74 Å². The van der Waals surface area contributed by atoms with Crippen molar-refractivity contribution in [1.29, 1.82) is 0 Å². The van der Waals surface area contributed by atoms with Crippen LogP contribution in [0.25, 0.3) is 0 Å². The van der Waals surface area contributed by atoms with Crippen molar-refractivity contribution in [1.82, 2.24) is 4.90 Å². The maximum absolute atomic E-state index is 11.8. The van der Waals surface area contributed by atoms with Gasteiger partial charge in [0.1, 0.15) is 18.2 Å². The maximum atomic E-state index is 11.8. The minimum atomic E-state index is -0.748. The van der Waals surface area contributed by atoms with E-state index < -0.39 is 12.5 Å². The number of fused-ring (bicyclic) bond motifs is 1. The molecule has 0 aliphatic carbocycles. The number of rotatable bonds is 8. The number of nitrogens with zero attached hydrogens (tertiary/aromatic N) is 1. The minimum absolute atomic E-state index is 0.211. The van der Waals surface area contributed by atoms with Gasteiger partial charge in [-0.3, -0.25) is 4.79 Å². The highest BCUT2D eigenvalue weighted by Gasteiger charge is 2.35. The predicted molar refractivity (Wildman–Crippen MR) is 98.2 cm³/mol. The van der Waals surface area contributed by atoms with Crippen LogP contribution in [0.5, 0.6) is 5.75 Å². The molecule has 5 nitrogen and oxygen atoms in total. The average molecular weight is 355 g/mol. The molecule has 0 fully saturated rings. The second kappa shape index (κ2) is 8.94. The van der Waals surface area contributed by atoms with Gasteiger partial charge >= 0.3 is 5.97 Å². The van der Waals surface area contributed by atoms with Crippen molar-refractivity contribution in [2.75, 3.05) is 6.54 Å². The topological polar surface area (TPSA) is 70.0 Å². The Morgan fingerprint density at radius 2 is 1.42 bits per heavy atom. The van der Waals surface area contributed by atoms with E-state index in [0.29, 0.717) is 18.7 Å². The van der Waals surface area contributed by atoms with Crippen molar-refractivity contribution >= 4 is 5.97 Å². The smallest absolute Gasteiger partial charge is 0.311 e. The van der Waals surface area contributed by atoms with Gasteiger partial charge in [-0.25, -0.2) is 4.90 Å². The molecule has 0 radical (unpaired) electrons. The third-order valence-electron chi connectivity index (χ3n) is 4.70. The molecule has 2 atom stereocenters. The quantitative estimate of drug-likeness (QED) is 0.431. The first-order valence-electron chi connectivity index (χ1n) is 9.13. The monoisotopic (exact) mass is 355 g/mol. The fourth-order valence-electron chi connectivity index (χ4n) is 3.31. The Morgan fingerprint density at radius 3 is 2.08 bits per heavy atom. The van der Waals surface area contributed by atoms with Crippen molar-refractivity contribution < 1.29 is 19.7 Å². The number of aliphatic hydroxyl groups excluding tert-OH is 2. The molecular formula is C21H25NO4. The molecule has 2 aromatic rings. The zero-order valence-electron chi connectivity index (χ0n) is 14.8. The SMILES string of the molecule is O=C(CCCCCCN1C(O)c2ccccc2C1O)Oc1ccccc1. The van der Waals surface area contributed by atoms with Gasteiger partial charge in [0.05, 0.1) is 0 Å². The number of ether oxygens (including phenoxy) is 1. The molecule has 26 heavy (non-hydrogen) atoms. The van der Waals surface area contributed by atoms with Crippen molar-refractivity contribution in [2.24, 2.45) is 0 Å². The van der Waals surface area contributed by atoms with Gasteiger partial charge in [0, 0.05) is 24.1 Å². The lowest BCUT2D eigenvalue weighted by Gasteiger charge is -2.24. The summed E-state index contributed by atoms with van der Waals surface area (Å²) >= 11 is 0. The molecule has 1 heterocycles.